The quantitative estimate of drug-likeness (QED) is 0.887. The minimum absolute atomic E-state index is 0.0161. The van der Waals surface area contributed by atoms with Gasteiger partial charge in [-0.05, 0) is 17.9 Å². The average Bonchev–Trinajstić information content (AvgIpc) is 2.83. The molecule has 1 heterocycles. The van der Waals surface area contributed by atoms with Crippen molar-refractivity contribution in [2.75, 3.05) is 0 Å². The van der Waals surface area contributed by atoms with E-state index >= 15 is 0 Å². The van der Waals surface area contributed by atoms with E-state index in [1.165, 1.54) is 5.56 Å². The molecular formula is C17H21NO3. The fraction of sp³-hybridized carbons (Fsp3) is 0.412. The number of aromatic nitrogens is 1. The Morgan fingerprint density at radius 1 is 1.19 bits per heavy atom. The van der Waals surface area contributed by atoms with Gasteiger partial charge in [-0.1, -0.05) is 57.1 Å². The number of hydrogen-bond donors (Lipinski definition) is 1. The molecule has 0 atom stereocenters. The summed E-state index contributed by atoms with van der Waals surface area (Å²) in [6.45, 7) is 8.12. The van der Waals surface area contributed by atoms with Gasteiger partial charge in [-0.3, -0.25) is 0 Å². The zero-order valence-corrected chi connectivity index (χ0v) is 12.9. The SMILES string of the molecule is CC(C)Cc1ccc(-c2noc(C(C)C)c2C(=O)O)cc1. The van der Waals surface area contributed by atoms with Crippen LogP contribution in [0.25, 0.3) is 11.3 Å². The monoisotopic (exact) mass is 287 g/mol. The van der Waals surface area contributed by atoms with Gasteiger partial charge in [-0.25, -0.2) is 4.79 Å². The minimum Gasteiger partial charge on any atom is -0.477 e. The van der Waals surface area contributed by atoms with Crippen LogP contribution in [-0.4, -0.2) is 16.2 Å². The molecule has 0 amide bonds. The van der Waals surface area contributed by atoms with Crippen LogP contribution < -0.4 is 0 Å². The number of carbonyl (C=O) groups is 1. The number of hydrogen-bond acceptors (Lipinski definition) is 3. The second kappa shape index (κ2) is 6.12. The number of rotatable bonds is 5. The molecule has 1 N–H and O–H groups in total. The molecule has 0 bridgehead atoms. The summed E-state index contributed by atoms with van der Waals surface area (Å²) in [4.78, 5) is 11.5. The molecule has 112 valence electrons. The average molecular weight is 287 g/mol. The molecule has 21 heavy (non-hydrogen) atoms. The normalized spacial score (nSPS) is 11.3. The molecule has 2 rings (SSSR count). The van der Waals surface area contributed by atoms with Crippen molar-refractivity contribution in [3.8, 4) is 11.3 Å². The first-order valence-corrected chi connectivity index (χ1v) is 7.22. The van der Waals surface area contributed by atoms with Gasteiger partial charge in [0.25, 0.3) is 0 Å². The third kappa shape index (κ3) is 3.32. The van der Waals surface area contributed by atoms with Crippen LogP contribution >= 0.6 is 0 Å². The van der Waals surface area contributed by atoms with Crippen LogP contribution in [0.1, 0.15) is 55.3 Å². The first-order valence-electron chi connectivity index (χ1n) is 7.22. The summed E-state index contributed by atoms with van der Waals surface area (Å²) in [5.41, 5.74) is 2.58. The van der Waals surface area contributed by atoms with Gasteiger partial charge in [-0.2, -0.15) is 0 Å². The summed E-state index contributed by atoms with van der Waals surface area (Å²) in [5.74, 6) is -0.00690. The highest BCUT2D eigenvalue weighted by molar-refractivity contribution is 5.96. The lowest BCUT2D eigenvalue weighted by atomic mass is 9.98. The van der Waals surface area contributed by atoms with Gasteiger partial charge >= 0.3 is 5.97 Å². The van der Waals surface area contributed by atoms with Gasteiger partial charge in [0.15, 0.2) is 5.76 Å². The maximum Gasteiger partial charge on any atom is 0.341 e. The van der Waals surface area contributed by atoms with Crippen molar-refractivity contribution in [2.45, 2.75) is 40.0 Å². The van der Waals surface area contributed by atoms with E-state index in [9.17, 15) is 9.90 Å². The molecule has 1 aromatic heterocycles. The number of carboxylic acids is 1. The summed E-state index contributed by atoms with van der Waals surface area (Å²) in [6, 6.07) is 7.85. The summed E-state index contributed by atoms with van der Waals surface area (Å²) < 4.78 is 5.24. The Bertz CT molecular complexity index is 624. The largest absolute Gasteiger partial charge is 0.477 e. The molecule has 2 aromatic rings. The van der Waals surface area contributed by atoms with Crippen molar-refractivity contribution in [1.29, 1.82) is 0 Å². The van der Waals surface area contributed by atoms with Gasteiger partial charge in [0, 0.05) is 11.5 Å². The van der Waals surface area contributed by atoms with Gasteiger partial charge < -0.3 is 9.63 Å². The predicted octanol–water partition coefficient (Wildman–Crippen LogP) is 4.36. The van der Waals surface area contributed by atoms with Crippen molar-refractivity contribution in [3.05, 3.63) is 41.2 Å². The summed E-state index contributed by atoms with van der Waals surface area (Å²) in [5, 5.41) is 13.4. The molecule has 4 nitrogen and oxygen atoms in total. The smallest absolute Gasteiger partial charge is 0.341 e. The predicted molar refractivity (Wildman–Crippen MR) is 81.5 cm³/mol. The number of benzene rings is 1. The Morgan fingerprint density at radius 2 is 1.81 bits per heavy atom. The number of carboxylic acid groups (broad SMARTS) is 1. The van der Waals surface area contributed by atoms with E-state index in [-0.39, 0.29) is 11.5 Å². The van der Waals surface area contributed by atoms with Gasteiger partial charge in [0.05, 0.1) is 0 Å². The fourth-order valence-electron chi connectivity index (χ4n) is 2.37. The van der Waals surface area contributed by atoms with Crippen molar-refractivity contribution >= 4 is 5.97 Å². The van der Waals surface area contributed by atoms with E-state index in [4.69, 9.17) is 4.52 Å². The van der Waals surface area contributed by atoms with E-state index in [1.54, 1.807) is 0 Å². The van der Waals surface area contributed by atoms with E-state index in [0.717, 1.165) is 12.0 Å². The maximum absolute atomic E-state index is 11.5. The van der Waals surface area contributed by atoms with Crippen LogP contribution in [0.2, 0.25) is 0 Å². The molecule has 1 aromatic carbocycles. The van der Waals surface area contributed by atoms with Crippen molar-refractivity contribution < 1.29 is 14.4 Å². The van der Waals surface area contributed by atoms with Crippen LogP contribution in [0.15, 0.2) is 28.8 Å². The van der Waals surface area contributed by atoms with Crippen LogP contribution in [0.5, 0.6) is 0 Å². The van der Waals surface area contributed by atoms with Crippen LogP contribution in [0.4, 0.5) is 0 Å². The Morgan fingerprint density at radius 3 is 2.29 bits per heavy atom. The van der Waals surface area contributed by atoms with Gasteiger partial charge in [0.1, 0.15) is 11.3 Å². The fourth-order valence-corrected chi connectivity index (χ4v) is 2.37. The second-order valence-corrected chi connectivity index (χ2v) is 6.03. The Kier molecular flexibility index (Phi) is 4.46. The van der Waals surface area contributed by atoms with E-state index in [0.29, 0.717) is 17.4 Å². The molecule has 0 unspecified atom stereocenters. The molecule has 0 spiro atoms. The number of aromatic carboxylic acids is 1. The molecular weight excluding hydrogens is 266 g/mol. The van der Waals surface area contributed by atoms with Gasteiger partial charge in [-0.15, -0.1) is 0 Å². The lowest BCUT2D eigenvalue weighted by molar-refractivity contribution is 0.0694. The van der Waals surface area contributed by atoms with Crippen molar-refractivity contribution in [2.24, 2.45) is 5.92 Å². The topological polar surface area (TPSA) is 63.3 Å². The maximum atomic E-state index is 11.5. The molecule has 0 aliphatic carbocycles. The van der Waals surface area contributed by atoms with Gasteiger partial charge in [0.2, 0.25) is 0 Å². The highest BCUT2D eigenvalue weighted by Crippen LogP contribution is 2.30. The van der Waals surface area contributed by atoms with Crippen LogP contribution in [0.3, 0.4) is 0 Å². The third-order valence-corrected chi connectivity index (χ3v) is 3.33. The van der Waals surface area contributed by atoms with Crippen LogP contribution in [0, 0.1) is 5.92 Å². The Labute approximate surface area is 124 Å². The first kappa shape index (κ1) is 15.3. The molecule has 0 saturated carbocycles. The molecule has 0 aliphatic heterocycles. The summed E-state index contributed by atoms with van der Waals surface area (Å²) in [6.07, 6.45) is 1.00. The molecule has 4 heteroatoms. The second-order valence-electron chi connectivity index (χ2n) is 6.03. The highest BCUT2D eigenvalue weighted by atomic mass is 16.5. The summed E-state index contributed by atoms with van der Waals surface area (Å²) >= 11 is 0. The Balaban J connectivity index is 2.40. The van der Waals surface area contributed by atoms with E-state index < -0.39 is 5.97 Å². The Hall–Kier alpha value is -2.10. The van der Waals surface area contributed by atoms with Crippen LogP contribution in [-0.2, 0) is 6.42 Å². The first-order chi connectivity index (χ1) is 9.90. The standard InChI is InChI=1S/C17H21NO3/c1-10(2)9-12-5-7-13(8-6-12)15-14(17(19)20)16(11(3)4)21-18-15/h5-8,10-11H,9H2,1-4H3,(H,19,20). The van der Waals surface area contributed by atoms with Crippen molar-refractivity contribution in [3.63, 3.8) is 0 Å². The molecule has 0 aliphatic rings. The van der Waals surface area contributed by atoms with Crippen molar-refractivity contribution in [1.82, 2.24) is 5.16 Å². The molecule has 0 saturated heterocycles. The molecule has 0 fully saturated rings. The zero-order valence-electron chi connectivity index (χ0n) is 12.9. The third-order valence-electron chi connectivity index (χ3n) is 3.33. The highest BCUT2D eigenvalue weighted by Gasteiger charge is 2.25. The zero-order chi connectivity index (χ0) is 15.6. The number of nitrogens with zero attached hydrogens (tertiary/aromatic N) is 1. The molecule has 0 radical (unpaired) electrons. The lowest BCUT2D eigenvalue weighted by Gasteiger charge is -2.06. The summed E-state index contributed by atoms with van der Waals surface area (Å²) in [7, 11) is 0. The van der Waals surface area contributed by atoms with E-state index in [1.807, 2.05) is 38.1 Å². The minimum atomic E-state index is -0.999. The van der Waals surface area contributed by atoms with E-state index in [2.05, 4.69) is 19.0 Å². The lowest BCUT2D eigenvalue weighted by Crippen LogP contribution is -2.02.